The highest BCUT2D eigenvalue weighted by molar-refractivity contribution is 5.85. The molecule has 2 saturated heterocycles. The monoisotopic (exact) mass is 340 g/mol. The minimum absolute atomic E-state index is 0. The number of amides is 2. The molecule has 0 aromatic carbocycles. The van der Waals surface area contributed by atoms with Crippen LogP contribution in [0.5, 0.6) is 0 Å². The highest BCUT2D eigenvalue weighted by Crippen LogP contribution is 2.04. The van der Waals surface area contributed by atoms with E-state index in [9.17, 15) is 9.59 Å². The van der Waals surface area contributed by atoms with Gasteiger partial charge in [-0.2, -0.15) is 0 Å². The van der Waals surface area contributed by atoms with Gasteiger partial charge in [-0.15, -0.1) is 24.8 Å². The van der Waals surface area contributed by atoms with Crippen molar-refractivity contribution in [3.8, 4) is 0 Å². The Morgan fingerprint density at radius 3 is 2.38 bits per heavy atom. The second kappa shape index (κ2) is 10.2. The predicted molar refractivity (Wildman–Crippen MR) is 87.2 cm³/mol. The molecule has 2 aliphatic heterocycles. The van der Waals surface area contributed by atoms with Gasteiger partial charge in [0.1, 0.15) is 0 Å². The number of hydrogen-bond acceptors (Lipinski definition) is 4. The SMILES string of the molecule is CC(=O)N1CCN(CCNC(=O)C2CCCN2)CC1.Cl.Cl. The molecule has 124 valence electrons. The van der Waals surface area contributed by atoms with E-state index < -0.39 is 0 Å². The first kappa shape index (κ1) is 20.4. The third-order valence-electron chi connectivity index (χ3n) is 3.92. The average Bonchev–Trinajstić information content (AvgIpc) is 2.93. The lowest BCUT2D eigenvalue weighted by Gasteiger charge is -2.34. The molecule has 1 unspecified atom stereocenters. The van der Waals surface area contributed by atoms with Gasteiger partial charge in [0.15, 0.2) is 0 Å². The molecule has 2 rings (SSSR count). The Labute approximate surface area is 138 Å². The van der Waals surface area contributed by atoms with Gasteiger partial charge in [-0.05, 0) is 19.4 Å². The Bertz CT molecular complexity index is 330. The van der Waals surface area contributed by atoms with Crippen molar-refractivity contribution in [1.82, 2.24) is 20.4 Å². The van der Waals surface area contributed by atoms with E-state index in [0.717, 1.165) is 52.1 Å². The summed E-state index contributed by atoms with van der Waals surface area (Å²) in [7, 11) is 0. The van der Waals surface area contributed by atoms with E-state index in [1.165, 1.54) is 0 Å². The van der Waals surface area contributed by atoms with Crippen LogP contribution in [0.2, 0.25) is 0 Å². The van der Waals surface area contributed by atoms with E-state index >= 15 is 0 Å². The summed E-state index contributed by atoms with van der Waals surface area (Å²) < 4.78 is 0. The van der Waals surface area contributed by atoms with Gasteiger partial charge in [0.25, 0.3) is 0 Å². The standard InChI is InChI=1S/C13H24N4O2.2ClH/c1-11(18)17-9-7-16(8-10-17)6-5-15-13(19)12-3-2-4-14-12;;/h12,14H,2-10H2,1H3,(H,15,19);2*1H. The molecule has 21 heavy (non-hydrogen) atoms. The summed E-state index contributed by atoms with van der Waals surface area (Å²) in [5.41, 5.74) is 0. The highest BCUT2D eigenvalue weighted by Gasteiger charge is 2.22. The van der Waals surface area contributed by atoms with Gasteiger partial charge in [0.05, 0.1) is 6.04 Å². The van der Waals surface area contributed by atoms with Crippen LogP contribution in [-0.4, -0.2) is 73.5 Å². The number of piperazine rings is 1. The number of halogens is 2. The summed E-state index contributed by atoms with van der Waals surface area (Å²) in [5, 5.41) is 6.18. The van der Waals surface area contributed by atoms with Crippen LogP contribution < -0.4 is 10.6 Å². The lowest BCUT2D eigenvalue weighted by molar-refractivity contribution is -0.130. The maximum Gasteiger partial charge on any atom is 0.237 e. The molecule has 0 saturated carbocycles. The number of hydrogen-bond donors (Lipinski definition) is 2. The molecule has 2 heterocycles. The largest absolute Gasteiger partial charge is 0.353 e. The maximum atomic E-state index is 11.8. The third-order valence-corrected chi connectivity index (χ3v) is 3.92. The van der Waals surface area contributed by atoms with Crippen molar-refractivity contribution in [2.45, 2.75) is 25.8 Å². The van der Waals surface area contributed by atoms with Gasteiger partial charge >= 0.3 is 0 Å². The molecule has 0 aliphatic carbocycles. The summed E-state index contributed by atoms with van der Waals surface area (Å²) in [5.74, 6) is 0.278. The van der Waals surface area contributed by atoms with Gasteiger partial charge in [-0.25, -0.2) is 0 Å². The molecule has 6 nitrogen and oxygen atoms in total. The first-order chi connectivity index (χ1) is 9.16. The van der Waals surface area contributed by atoms with Crippen LogP contribution in [0.3, 0.4) is 0 Å². The summed E-state index contributed by atoms with van der Waals surface area (Å²) in [4.78, 5) is 27.1. The van der Waals surface area contributed by atoms with E-state index in [-0.39, 0.29) is 42.7 Å². The molecule has 2 aliphatic rings. The highest BCUT2D eigenvalue weighted by atomic mass is 35.5. The zero-order valence-corrected chi connectivity index (χ0v) is 14.1. The van der Waals surface area contributed by atoms with Crippen molar-refractivity contribution in [2.75, 3.05) is 45.8 Å². The van der Waals surface area contributed by atoms with Crippen LogP contribution in [0.4, 0.5) is 0 Å². The molecule has 0 aromatic rings. The topological polar surface area (TPSA) is 64.7 Å². The van der Waals surface area contributed by atoms with E-state index in [4.69, 9.17) is 0 Å². The number of carbonyl (C=O) groups excluding carboxylic acids is 2. The molecule has 1 atom stereocenters. The second-order valence-corrected chi connectivity index (χ2v) is 5.29. The van der Waals surface area contributed by atoms with E-state index in [2.05, 4.69) is 15.5 Å². The summed E-state index contributed by atoms with van der Waals surface area (Å²) in [6.07, 6.45) is 2.04. The molecule has 2 fully saturated rings. The molecule has 2 amide bonds. The molecular weight excluding hydrogens is 315 g/mol. The van der Waals surface area contributed by atoms with Gasteiger partial charge in [-0.1, -0.05) is 0 Å². The van der Waals surface area contributed by atoms with Crippen molar-refractivity contribution >= 4 is 36.6 Å². The molecule has 0 spiro atoms. The van der Waals surface area contributed by atoms with Crippen molar-refractivity contribution in [2.24, 2.45) is 0 Å². The van der Waals surface area contributed by atoms with Crippen LogP contribution in [0.15, 0.2) is 0 Å². The maximum absolute atomic E-state index is 11.8. The van der Waals surface area contributed by atoms with Crippen LogP contribution in [-0.2, 0) is 9.59 Å². The normalized spacial score (nSPS) is 22.1. The first-order valence-electron chi connectivity index (χ1n) is 7.16. The molecule has 0 bridgehead atoms. The molecule has 8 heteroatoms. The van der Waals surface area contributed by atoms with Gasteiger partial charge in [0, 0.05) is 46.2 Å². The Morgan fingerprint density at radius 2 is 1.86 bits per heavy atom. The fourth-order valence-corrected chi connectivity index (χ4v) is 2.66. The van der Waals surface area contributed by atoms with Crippen molar-refractivity contribution < 1.29 is 9.59 Å². The third kappa shape index (κ3) is 6.38. The van der Waals surface area contributed by atoms with Crippen molar-refractivity contribution in [1.29, 1.82) is 0 Å². The van der Waals surface area contributed by atoms with E-state index in [0.29, 0.717) is 6.54 Å². The summed E-state index contributed by atoms with van der Waals surface area (Å²) >= 11 is 0. The van der Waals surface area contributed by atoms with Crippen molar-refractivity contribution in [3.05, 3.63) is 0 Å². The first-order valence-corrected chi connectivity index (χ1v) is 7.16. The van der Waals surface area contributed by atoms with Gasteiger partial charge in [-0.3, -0.25) is 14.5 Å². The van der Waals surface area contributed by atoms with Crippen LogP contribution in [0, 0.1) is 0 Å². The smallest absolute Gasteiger partial charge is 0.237 e. The van der Waals surface area contributed by atoms with Crippen LogP contribution >= 0.6 is 24.8 Å². The van der Waals surface area contributed by atoms with Crippen LogP contribution in [0.1, 0.15) is 19.8 Å². The summed E-state index contributed by atoms with van der Waals surface area (Å²) in [6.45, 7) is 7.52. The van der Waals surface area contributed by atoms with Gasteiger partial charge < -0.3 is 15.5 Å². The fourth-order valence-electron chi connectivity index (χ4n) is 2.66. The summed E-state index contributed by atoms with van der Waals surface area (Å²) in [6, 6.07) is 0.00885. The van der Waals surface area contributed by atoms with E-state index in [1.54, 1.807) is 6.92 Å². The Balaban J connectivity index is 0.00000200. The quantitative estimate of drug-likeness (QED) is 0.747. The second-order valence-electron chi connectivity index (χ2n) is 5.29. The molecule has 0 radical (unpaired) electrons. The number of nitrogens with one attached hydrogen (secondary N) is 2. The Morgan fingerprint density at radius 1 is 1.19 bits per heavy atom. The lowest BCUT2D eigenvalue weighted by atomic mass is 10.2. The minimum Gasteiger partial charge on any atom is -0.353 e. The zero-order chi connectivity index (χ0) is 13.7. The lowest BCUT2D eigenvalue weighted by Crippen LogP contribution is -2.50. The molecular formula is C13H26Cl2N4O2. The minimum atomic E-state index is 0. The number of nitrogens with zero attached hydrogens (tertiary/aromatic N) is 2. The number of rotatable bonds is 4. The zero-order valence-electron chi connectivity index (χ0n) is 12.5. The molecule has 2 N–H and O–H groups in total. The average molecular weight is 341 g/mol. The van der Waals surface area contributed by atoms with Gasteiger partial charge in [0.2, 0.25) is 11.8 Å². The Hall–Kier alpha value is -0.560. The fraction of sp³-hybridized carbons (Fsp3) is 0.846. The van der Waals surface area contributed by atoms with Crippen LogP contribution in [0.25, 0.3) is 0 Å². The Kier molecular flexibility index (Phi) is 9.94. The number of carbonyl (C=O) groups is 2. The predicted octanol–water partition coefficient (Wildman–Crippen LogP) is -0.138. The van der Waals surface area contributed by atoms with E-state index in [1.807, 2.05) is 4.90 Å². The van der Waals surface area contributed by atoms with Crippen molar-refractivity contribution in [3.63, 3.8) is 0 Å². The molecule has 0 aromatic heterocycles.